The molecule has 1 N–H and O–H groups in total. The summed E-state index contributed by atoms with van der Waals surface area (Å²) >= 11 is 0. The Morgan fingerprint density at radius 2 is 2.06 bits per heavy atom. The Morgan fingerprint density at radius 3 is 2.59 bits per heavy atom. The van der Waals surface area contributed by atoms with Crippen LogP contribution >= 0.6 is 0 Å². The third kappa shape index (κ3) is 2.59. The summed E-state index contributed by atoms with van der Waals surface area (Å²) < 4.78 is 22.7. The van der Waals surface area contributed by atoms with Crippen LogP contribution in [0.1, 0.15) is 19.3 Å². The van der Waals surface area contributed by atoms with Gasteiger partial charge in [0.05, 0.1) is 17.4 Å². The van der Waals surface area contributed by atoms with E-state index in [0.29, 0.717) is 12.8 Å². The van der Waals surface area contributed by atoms with Gasteiger partial charge in [0, 0.05) is 19.0 Å². The molecule has 2 rings (SSSR count). The Hall–Kier alpha value is -1.11. The molecule has 0 aromatic rings. The average Bonchev–Trinajstić information content (AvgIpc) is 2.59. The van der Waals surface area contributed by atoms with Crippen molar-refractivity contribution in [3.63, 3.8) is 0 Å². The van der Waals surface area contributed by atoms with E-state index in [4.69, 9.17) is 5.11 Å². The van der Waals surface area contributed by atoms with Crippen LogP contribution in [0.4, 0.5) is 0 Å². The number of aliphatic carboxylic acids is 1. The van der Waals surface area contributed by atoms with Gasteiger partial charge in [-0.2, -0.15) is 0 Å². The molecule has 96 valence electrons. The van der Waals surface area contributed by atoms with Crippen LogP contribution in [0.5, 0.6) is 0 Å². The lowest BCUT2D eigenvalue weighted by molar-refractivity contribution is -0.148. The van der Waals surface area contributed by atoms with E-state index in [-0.39, 0.29) is 36.4 Å². The van der Waals surface area contributed by atoms with Crippen molar-refractivity contribution in [1.82, 2.24) is 4.90 Å². The molecule has 2 aliphatic rings. The number of nitrogens with zero attached hydrogens (tertiary/aromatic N) is 1. The van der Waals surface area contributed by atoms with Crippen molar-refractivity contribution in [2.75, 3.05) is 18.1 Å². The highest BCUT2D eigenvalue weighted by molar-refractivity contribution is 7.91. The lowest BCUT2D eigenvalue weighted by Gasteiger charge is -2.34. The highest BCUT2D eigenvalue weighted by atomic mass is 32.2. The van der Waals surface area contributed by atoms with E-state index in [1.54, 1.807) is 0 Å². The van der Waals surface area contributed by atoms with E-state index in [1.807, 2.05) is 0 Å². The number of carbonyl (C=O) groups excluding carboxylic acids is 1. The Morgan fingerprint density at radius 1 is 1.35 bits per heavy atom. The second-order valence-electron chi connectivity index (χ2n) is 4.68. The van der Waals surface area contributed by atoms with Crippen LogP contribution in [-0.2, 0) is 19.4 Å². The fraction of sp³-hybridized carbons (Fsp3) is 0.800. The lowest BCUT2D eigenvalue weighted by atomic mass is 9.96. The molecule has 0 bridgehead atoms. The molecule has 2 aliphatic heterocycles. The maximum absolute atomic E-state index is 11.7. The van der Waals surface area contributed by atoms with Gasteiger partial charge in [-0.25, -0.2) is 8.42 Å². The monoisotopic (exact) mass is 261 g/mol. The zero-order valence-electron chi connectivity index (χ0n) is 9.33. The van der Waals surface area contributed by atoms with Gasteiger partial charge in [-0.05, 0) is 12.8 Å². The summed E-state index contributed by atoms with van der Waals surface area (Å²) in [6.45, 7) is 0.147. The van der Waals surface area contributed by atoms with E-state index in [1.165, 1.54) is 4.90 Å². The summed E-state index contributed by atoms with van der Waals surface area (Å²) in [7, 11) is -3.05. The molecule has 7 heteroatoms. The zero-order chi connectivity index (χ0) is 12.6. The number of hydrogen-bond acceptors (Lipinski definition) is 4. The van der Waals surface area contributed by atoms with Crippen LogP contribution in [0.3, 0.4) is 0 Å². The van der Waals surface area contributed by atoms with Crippen molar-refractivity contribution >= 4 is 21.7 Å². The number of likely N-dealkylation sites (tertiary alicyclic amines) is 1. The summed E-state index contributed by atoms with van der Waals surface area (Å²) in [5, 5.41) is 8.93. The molecule has 1 amide bonds. The number of carboxylic acids is 1. The number of piperidine rings is 1. The molecule has 0 radical (unpaired) electrons. The van der Waals surface area contributed by atoms with Gasteiger partial charge >= 0.3 is 5.97 Å². The quantitative estimate of drug-likeness (QED) is 0.723. The molecule has 2 unspecified atom stereocenters. The summed E-state index contributed by atoms with van der Waals surface area (Å²) in [5.74, 6) is -1.52. The SMILES string of the molecule is O=C(O)C1CCC(=O)N(C2CCS(=O)(=O)C2)C1. The van der Waals surface area contributed by atoms with Gasteiger partial charge < -0.3 is 10.0 Å². The molecule has 17 heavy (non-hydrogen) atoms. The smallest absolute Gasteiger partial charge is 0.308 e. The van der Waals surface area contributed by atoms with Crippen molar-refractivity contribution in [2.24, 2.45) is 5.92 Å². The lowest BCUT2D eigenvalue weighted by Crippen LogP contribution is -2.48. The molecule has 2 atom stereocenters. The molecule has 2 saturated heterocycles. The standard InChI is InChI=1S/C10H15NO5S/c12-9-2-1-7(10(13)14)5-11(9)8-3-4-17(15,16)6-8/h7-8H,1-6H2,(H,13,14). The highest BCUT2D eigenvalue weighted by Gasteiger charge is 2.39. The minimum atomic E-state index is -3.05. The molecule has 0 aliphatic carbocycles. The second-order valence-corrected chi connectivity index (χ2v) is 6.91. The van der Waals surface area contributed by atoms with Gasteiger partial charge in [0.1, 0.15) is 0 Å². The second kappa shape index (κ2) is 4.29. The number of carbonyl (C=O) groups is 2. The topological polar surface area (TPSA) is 91.8 Å². The Balaban J connectivity index is 2.09. The number of rotatable bonds is 2. The van der Waals surface area contributed by atoms with Crippen LogP contribution in [0.2, 0.25) is 0 Å². The first kappa shape index (κ1) is 12.3. The molecular weight excluding hydrogens is 246 g/mol. The van der Waals surface area contributed by atoms with Gasteiger partial charge in [-0.1, -0.05) is 0 Å². The molecule has 2 heterocycles. The van der Waals surface area contributed by atoms with E-state index >= 15 is 0 Å². The molecule has 6 nitrogen and oxygen atoms in total. The predicted molar refractivity (Wildman–Crippen MR) is 59.1 cm³/mol. The van der Waals surface area contributed by atoms with Crippen LogP contribution in [0, 0.1) is 5.92 Å². The molecular formula is C10H15NO5S. The van der Waals surface area contributed by atoms with Crippen LogP contribution in [0.15, 0.2) is 0 Å². The maximum Gasteiger partial charge on any atom is 0.308 e. The fourth-order valence-electron chi connectivity index (χ4n) is 2.45. The number of carboxylic acid groups (broad SMARTS) is 1. The largest absolute Gasteiger partial charge is 0.481 e. The van der Waals surface area contributed by atoms with Crippen molar-refractivity contribution < 1.29 is 23.1 Å². The first-order valence-electron chi connectivity index (χ1n) is 5.62. The molecule has 0 spiro atoms. The maximum atomic E-state index is 11.7. The Bertz CT molecular complexity index is 444. The number of amides is 1. The van der Waals surface area contributed by atoms with E-state index < -0.39 is 21.7 Å². The normalized spacial score (nSPS) is 32.7. The Kier molecular flexibility index (Phi) is 3.11. The molecule has 2 fully saturated rings. The zero-order valence-corrected chi connectivity index (χ0v) is 10.1. The van der Waals surface area contributed by atoms with Crippen LogP contribution < -0.4 is 0 Å². The highest BCUT2D eigenvalue weighted by Crippen LogP contribution is 2.25. The Labute approximate surface area is 99.5 Å². The van der Waals surface area contributed by atoms with Crippen molar-refractivity contribution in [1.29, 1.82) is 0 Å². The van der Waals surface area contributed by atoms with Crippen molar-refractivity contribution in [3.8, 4) is 0 Å². The third-order valence-corrected chi connectivity index (χ3v) is 5.19. The van der Waals surface area contributed by atoms with Gasteiger partial charge in [-0.3, -0.25) is 9.59 Å². The summed E-state index contributed by atoms with van der Waals surface area (Å²) in [6.07, 6.45) is 0.984. The first-order chi connectivity index (χ1) is 7.89. The molecule has 0 aromatic heterocycles. The minimum Gasteiger partial charge on any atom is -0.481 e. The van der Waals surface area contributed by atoms with Crippen LogP contribution in [0.25, 0.3) is 0 Å². The summed E-state index contributed by atoms with van der Waals surface area (Å²) in [6, 6.07) is -0.324. The summed E-state index contributed by atoms with van der Waals surface area (Å²) in [5.41, 5.74) is 0. The number of hydrogen-bond donors (Lipinski definition) is 1. The van der Waals surface area contributed by atoms with Crippen LogP contribution in [-0.4, -0.2) is 54.4 Å². The minimum absolute atomic E-state index is 0.0227. The molecule has 0 aromatic carbocycles. The fourth-order valence-corrected chi connectivity index (χ4v) is 4.18. The van der Waals surface area contributed by atoms with Gasteiger partial charge in [-0.15, -0.1) is 0 Å². The van der Waals surface area contributed by atoms with Crippen molar-refractivity contribution in [3.05, 3.63) is 0 Å². The van der Waals surface area contributed by atoms with Crippen molar-refractivity contribution in [2.45, 2.75) is 25.3 Å². The van der Waals surface area contributed by atoms with Gasteiger partial charge in [0.25, 0.3) is 0 Å². The first-order valence-corrected chi connectivity index (χ1v) is 7.44. The van der Waals surface area contributed by atoms with E-state index in [0.717, 1.165) is 0 Å². The molecule has 0 saturated carbocycles. The van der Waals surface area contributed by atoms with E-state index in [9.17, 15) is 18.0 Å². The average molecular weight is 261 g/mol. The van der Waals surface area contributed by atoms with Gasteiger partial charge in [0.2, 0.25) is 5.91 Å². The number of sulfone groups is 1. The third-order valence-electron chi connectivity index (χ3n) is 3.44. The summed E-state index contributed by atoms with van der Waals surface area (Å²) in [4.78, 5) is 24.0. The predicted octanol–water partition coefficient (Wildman–Crippen LogP) is -0.503. The van der Waals surface area contributed by atoms with E-state index in [2.05, 4.69) is 0 Å². The van der Waals surface area contributed by atoms with Gasteiger partial charge in [0.15, 0.2) is 9.84 Å².